The normalized spacial score (nSPS) is 15.5. The molecule has 0 radical (unpaired) electrons. The van der Waals surface area contributed by atoms with Gasteiger partial charge in [0.15, 0.2) is 0 Å². The smallest absolute Gasteiger partial charge is 0.407 e. The zero-order valence-electron chi connectivity index (χ0n) is 18.6. The summed E-state index contributed by atoms with van der Waals surface area (Å²) in [6, 6.07) is 14.2. The molecule has 8 heteroatoms. The zero-order valence-corrected chi connectivity index (χ0v) is 18.6. The van der Waals surface area contributed by atoms with Gasteiger partial charge in [-0.25, -0.2) is 9.18 Å². The third-order valence-electron chi connectivity index (χ3n) is 6.09. The average molecular weight is 454 g/mol. The molecule has 0 saturated heterocycles. The largest absolute Gasteiger partial charge is 0.466 e. The first-order valence-electron chi connectivity index (χ1n) is 11.2. The SMILES string of the molecule is CCOC(=O)CCNCC1Cc2c(n(Cc3ccc(F)cc3)c3ccccc23)CN1C(=O)O. The molecule has 0 saturated carbocycles. The van der Waals surface area contributed by atoms with Gasteiger partial charge in [-0.05, 0) is 42.7 Å². The quantitative estimate of drug-likeness (QED) is 0.401. The monoisotopic (exact) mass is 453 g/mol. The van der Waals surface area contributed by atoms with E-state index in [1.165, 1.54) is 17.0 Å². The molecule has 0 bridgehead atoms. The molecule has 2 N–H and O–H groups in total. The number of fused-ring (bicyclic) bond motifs is 3. The Bertz CT molecular complexity index is 1140. The Hall–Kier alpha value is -3.39. The molecule has 1 aromatic heterocycles. The topological polar surface area (TPSA) is 83.8 Å². The number of benzene rings is 2. The molecule has 0 spiro atoms. The van der Waals surface area contributed by atoms with Crippen LogP contribution in [0.4, 0.5) is 9.18 Å². The maximum atomic E-state index is 13.4. The van der Waals surface area contributed by atoms with Gasteiger partial charge in [0.05, 0.1) is 25.6 Å². The minimum Gasteiger partial charge on any atom is -0.466 e. The molecule has 2 aromatic carbocycles. The van der Waals surface area contributed by atoms with E-state index in [0.717, 1.165) is 27.7 Å². The van der Waals surface area contributed by atoms with Crippen LogP contribution < -0.4 is 5.32 Å². The average Bonchev–Trinajstić information content (AvgIpc) is 3.10. The zero-order chi connectivity index (χ0) is 23.4. The third-order valence-corrected chi connectivity index (χ3v) is 6.09. The summed E-state index contributed by atoms with van der Waals surface area (Å²) in [4.78, 5) is 25.1. The lowest BCUT2D eigenvalue weighted by Gasteiger charge is -2.34. The number of hydrogen-bond donors (Lipinski definition) is 2. The van der Waals surface area contributed by atoms with Crippen molar-refractivity contribution in [1.29, 1.82) is 0 Å². The van der Waals surface area contributed by atoms with E-state index < -0.39 is 6.09 Å². The maximum absolute atomic E-state index is 13.4. The second kappa shape index (κ2) is 10.0. The number of carbonyl (C=O) groups excluding carboxylic acids is 1. The van der Waals surface area contributed by atoms with Crippen LogP contribution in [-0.2, 0) is 29.0 Å². The summed E-state index contributed by atoms with van der Waals surface area (Å²) in [5.41, 5.74) is 4.09. The number of carbonyl (C=O) groups is 2. The Balaban J connectivity index is 1.59. The number of para-hydroxylation sites is 1. The lowest BCUT2D eigenvalue weighted by atomic mass is 9.96. The summed E-state index contributed by atoms with van der Waals surface area (Å²) in [5, 5.41) is 14.2. The number of ether oxygens (including phenoxy) is 1. The molecule has 1 aliphatic heterocycles. The standard InChI is InChI=1S/C25H28FN3O4/c1-2-33-24(30)11-12-27-14-19-13-21-20-5-3-4-6-22(20)29(23(21)16-28(19)25(31)32)15-17-7-9-18(26)10-8-17/h3-10,19,27H,2,11-16H2,1H3,(H,31,32). The highest BCUT2D eigenvalue weighted by atomic mass is 19.1. The summed E-state index contributed by atoms with van der Waals surface area (Å²) in [7, 11) is 0. The highest BCUT2D eigenvalue weighted by Gasteiger charge is 2.33. The summed E-state index contributed by atoms with van der Waals surface area (Å²) in [6.45, 7) is 3.79. The molecule has 7 nitrogen and oxygen atoms in total. The van der Waals surface area contributed by atoms with E-state index in [1.807, 2.05) is 18.2 Å². The van der Waals surface area contributed by atoms with Gasteiger partial charge in [0.2, 0.25) is 0 Å². The van der Waals surface area contributed by atoms with Gasteiger partial charge in [-0.2, -0.15) is 0 Å². The highest BCUT2D eigenvalue weighted by Crippen LogP contribution is 2.33. The van der Waals surface area contributed by atoms with E-state index in [1.54, 1.807) is 19.1 Å². The summed E-state index contributed by atoms with van der Waals surface area (Å²) in [5.74, 6) is -0.552. The fraction of sp³-hybridized carbons (Fsp3) is 0.360. The Labute approximate surface area is 191 Å². The van der Waals surface area contributed by atoms with E-state index >= 15 is 0 Å². The van der Waals surface area contributed by atoms with Crippen molar-refractivity contribution in [3.63, 3.8) is 0 Å². The van der Waals surface area contributed by atoms with Crippen molar-refractivity contribution in [3.05, 3.63) is 71.2 Å². The van der Waals surface area contributed by atoms with E-state index in [2.05, 4.69) is 16.0 Å². The Morgan fingerprint density at radius 1 is 1.18 bits per heavy atom. The first kappa shape index (κ1) is 22.8. The minimum absolute atomic E-state index is 0.246. The van der Waals surface area contributed by atoms with Gasteiger partial charge in [-0.3, -0.25) is 9.69 Å². The van der Waals surface area contributed by atoms with Gasteiger partial charge in [-0.1, -0.05) is 30.3 Å². The second-order valence-electron chi connectivity index (χ2n) is 8.18. The number of aromatic nitrogens is 1. The molecule has 174 valence electrons. The minimum atomic E-state index is -0.976. The predicted octanol–water partition coefficient (Wildman–Crippen LogP) is 3.78. The summed E-state index contributed by atoms with van der Waals surface area (Å²) < 4.78 is 20.5. The van der Waals surface area contributed by atoms with Crippen molar-refractivity contribution in [2.24, 2.45) is 0 Å². The van der Waals surface area contributed by atoms with E-state index in [4.69, 9.17) is 4.74 Å². The molecule has 0 fully saturated rings. The van der Waals surface area contributed by atoms with Gasteiger partial charge >= 0.3 is 12.1 Å². The van der Waals surface area contributed by atoms with Gasteiger partial charge in [0.1, 0.15) is 5.82 Å². The number of rotatable bonds is 8. The van der Waals surface area contributed by atoms with Crippen LogP contribution in [0.1, 0.15) is 30.2 Å². The molecule has 3 aromatic rings. The molecule has 1 unspecified atom stereocenters. The molecule has 0 aliphatic carbocycles. The number of amides is 1. The second-order valence-corrected chi connectivity index (χ2v) is 8.18. The highest BCUT2D eigenvalue weighted by molar-refractivity contribution is 5.86. The van der Waals surface area contributed by atoms with Crippen LogP contribution in [0.3, 0.4) is 0 Å². The van der Waals surface area contributed by atoms with Crippen LogP contribution in [0.25, 0.3) is 10.9 Å². The Morgan fingerprint density at radius 3 is 2.67 bits per heavy atom. The van der Waals surface area contributed by atoms with Crippen LogP contribution in [0.15, 0.2) is 48.5 Å². The van der Waals surface area contributed by atoms with Gasteiger partial charge in [0, 0.05) is 36.2 Å². The van der Waals surface area contributed by atoms with E-state index in [0.29, 0.717) is 32.7 Å². The van der Waals surface area contributed by atoms with Crippen LogP contribution in [0.5, 0.6) is 0 Å². The van der Waals surface area contributed by atoms with E-state index in [9.17, 15) is 19.1 Å². The van der Waals surface area contributed by atoms with Crippen molar-refractivity contribution in [2.45, 2.75) is 38.9 Å². The van der Waals surface area contributed by atoms with Crippen molar-refractivity contribution in [3.8, 4) is 0 Å². The molecular formula is C25H28FN3O4. The Morgan fingerprint density at radius 2 is 1.94 bits per heavy atom. The van der Waals surface area contributed by atoms with Crippen molar-refractivity contribution >= 4 is 23.0 Å². The fourth-order valence-electron chi connectivity index (χ4n) is 4.52. The lowest BCUT2D eigenvalue weighted by molar-refractivity contribution is -0.142. The van der Waals surface area contributed by atoms with Gasteiger partial charge in [0.25, 0.3) is 0 Å². The van der Waals surface area contributed by atoms with Gasteiger partial charge < -0.3 is 19.7 Å². The van der Waals surface area contributed by atoms with Crippen molar-refractivity contribution in [1.82, 2.24) is 14.8 Å². The van der Waals surface area contributed by atoms with Crippen molar-refractivity contribution in [2.75, 3.05) is 19.7 Å². The molecule has 2 heterocycles. The van der Waals surface area contributed by atoms with Crippen LogP contribution >= 0.6 is 0 Å². The molecule has 1 aliphatic rings. The number of hydrogen-bond acceptors (Lipinski definition) is 4. The molecule has 1 atom stereocenters. The number of esters is 1. The molecular weight excluding hydrogens is 425 g/mol. The van der Waals surface area contributed by atoms with Crippen LogP contribution in [-0.4, -0.2) is 52.4 Å². The summed E-state index contributed by atoms with van der Waals surface area (Å²) in [6.07, 6.45) is -0.155. The summed E-state index contributed by atoms with van der Waals surface area (Å²) >= 11 is 0. The molecule has 1 amide bonds. The van der Waals surface area contributed by atoms with Crippen molar-refractivity contribution < 1.29 is 23.8 Å². The van der Waals surface area contributed by atoms with Crippen LogP contribution in [0, 0.1) is 5.82 Å². The van der Waals surface area contributed by atoms with Crippen LogP contribution in [0.2, 0.25) is 0 Å². The third kappa shape index (κ3) is 5.01. The lowest BCUT2D eigenvalue weighted by Crippen LogP contribution is -2.49. The Kier molecular flexibility index (Phi) is 6.93. The van der Waals surface area contributed by atoms with Gasteiger partial charge in [-0.15, -0.1) is 0 Å². The number of carboxylic acid groups (broad SMARTS) is 1. The number of nitrogens with zero attached hydrogens (tertiary/aromatic N) is 2. The first-order chi connectivity index (χ1) is 16.0. The first-order valence-corrected chi connectivity index (χ1v) is 11.2. The van der Waals surface area contributed by atoms with E-state index in [-0.39, 0.29) is 30.8 Å². The molecule has 4 rings (SSSR count). The number of halogens is 1. The molecule has 33 heavy (non-hydrogen) atoms. The fourth-order valence-corrected chi connectivity index (χ4v) is 4.52. The number of nitrogens with one attached hydrogen (secondary N) is 1. The maximum Gasteiger partial charge on any atom is 0.407 e. The predicted molar refractivity (Wildman–Crippen MR) is 123 cm³/mol.